The molecule has 3 heterocycles. The number of oxazole rings is 1. The Morgan fingerprint density at radius 2 is 1.74 bits per heavy atom. The fourth-order valence-corrected chi connectivity index (χ4v) is 6.38. The number of sulfonamides is 1. The molecule has 3 amide bonds. The fraction of sp³-hybridized carbons (Fsp3) is 0.133. The van der Waals surface area contributed by atoms with Crippen molar-refractivity contribution in [2.24, 2.45) is 0 Å². The van der Waals surface area contributed by atoms with Crippen LogP contribution in [0.1, 0.15) is 19.1 Å². The maximum atomic E-state index is 13.8. The quantitative estimate of drug-likeness (QED) is 0.261. The van der Waals surface area contributed by atoms with Crippen LogP contribution in [0.4, 0.5) is 11.4 Å². The van der Waals surface area contributed by atoms with Crippen LogP contribution in [0.25, 0.3) is 22.6 Å². The van der Waals surface area contributed by atoms with E-state index in [1.807, 2.05) is 24.3 Å². The number of aromatic nitrogens is 1. The molecule has 0 spiro atoms. The van der Waals surface area contributed by atoms with E-state index in [4.69, 9.17) is 8.83 Å². The molecular formula is C30H24N4O7S. The van der Waals surface area contributed by atoms with Crippen LogP contribution in [0.15, 0.2) is 105 Å². The third-order valence-corrected chi connectivity index (χ3v) is 8.68. The molecule has 11 nitrogen and oxygen atoms in total. The van der Waals surface area contributed by atoms with Gasteiger partial charge in [0, 0.05) is 18.2 Å². The summed E-state index contributed by atoms with van der Waals surface area (Å²) < 4.78 is 39.9. The molecule has 1 N–H and O–H groups in total. The largest absolute Gasteiger partial charge is 0.468 e. The van der Waals surface area contributed by atoms with Gasteiger partial charge >= 0.3 is 0 Å². The molecule has 0 bridgehead atoms. The Kier molecular flexibility index (Phi) is 6.93. The number of amides is 3. The molecule has 6 rings (SSSR count). The number of para-hydroxylation sites is 2. The lowest BCUT2D eigenvalue weighted by molar-refractivity contribution is -0.122. The third kappa shape index (κ3) is 5.08. The van der Waals surface area contributed by atoms with Crippen molar-refractivity contribution in [2.45, 2.75) is 30.8 Å². The number of anilines is 2. The molecule has 1 aliphatic rings. The molecule has 1 atom stereocenters. The zero-order valence-corrected chi connectivity index (χ0v) is 23.1. The molecule has 1 aliphatic heterocycles. The van der Waals surface area contributed by atoms with Crippen molar-refractivity contribution in [3.05, 3.63) is 97.0 Å². The van der Waals surface area contributed by atoms with E-state index in [0.717, 1.165) is 9.21 Å². The van der Waals surface area contributed by atoms with Gasteiger partial charge in [0.2, 0.25) is 27.7 Å². The summed E-state index contributed by atoms with van der Waals surface area (Å²) in [5, 5.41) is 2.58. The highest BCUT2D eigenvalue weighted by Gasteiger charge is 2.47. The van der Waals surface area contributed by atoms with Crippen LogP contribution in [-0.4, -0.2) is 41.5 Å². The molecule has 5 aromatic rings. The first-order valence-corrected chi connectivity index (χ1v) is 14.4. The maximum Gasteiger partial charge on any atom is 0.252 e. The topological polar surface area (TPSA) is 143 Å². The van der Waals surface area contributed by atoms with Gasteiger partial charge in [-0.15, -0.1) is 0 Å². The Morgan fingerprint density at radius 1 is 1.00 bits per heavy atom. The zero-order valence-electron chi connectivity index (χ0n) is 22.3. The molecule has 42 heavy (non-hydrogen) atoms. The van der Waals surface area contributed by atoms with Crippen molar-refractivity contribution in [2.75, 3.05) is 10.2 Å². The van der Waals surface area contributed by atoms with Crippen molar-refractivity contribution >= 4 is 50.2 Å². The Bertz CT molecular complexity index is 1860. The number of benzene rings is 3. The van der Waals surface area contributed by atoms with Gasteiger partial charge in [0.05, 0.1) is 29.8 Å². The van der Waals surface area contributed by atoms with Crippen molar-refractivity contribution < 1.29 is 31.6 Å². The van der Waals surface area contributed by atoms with Gasteiger partial charge in [-0.25, -0.2) is 18.3 Å². The molecule has 3 aromatic carbocycles. The summed E-state index contributed by atoms with van der Waals surface area (Å²) in [7, 11) is -4.28. The summed E-state index contributed by atoms with van der Waals surface area (Å²) in [6.07, 6.45) is 1.05. The molecule has 0 radical (unpaired) electrons. The number of nitrogens with zero attached hydrogens (tertiary/aromatic N) is 3. The number of carbonyl (C=O) groups is 3. The van der Waals surface area contributed by atoms with Gasteiger partial charge in [0.25, 0.3) is 5.91 Å². The number of rotatable bonds is 8. The lowest BCUT2D eigenvalue weighted by Gasteiger charge is -2.26. The highest BCUT2D eigenvalue weighted by molar-refractivity contribution is 7.89. The first kappa shape index (κ1) is 27.1. The van der Waals surface area contributed by atoms with E-state index < -0.39 is 27.9 Å². The van der Waals surface area contributed by atoms with Crippen LogP contribution in [0, 0.1) is 0 Å². The van der Waals surface area contributed by atoms with Crippen molar-refractivity contribution in [1.82, 2.24) is 9.29 Å². The first-order chi connectivity index (χ1) is 20.2. The van der Waals surface area contributed by atoms with Gasteiger partial charge in [-0.1, -0.05) is 12.1 Å². The summed E-state index contributed by atoms with van der Waals surface area (Å²) in [6, 6.07) is 21.3. The van der Waals surface area contributed by atoms with Crippen LogP contribution >= 0.6 is 0 Å². The van der Waals surface area contributed by atoms with E-state index in [-0.39, 0.29) is 23.8 Å². The molecule has 0 saturated carbocycles. The van der Waals surface area contributed by atoms with Gasteiger partial charge in [0.1, 0.15) is 17.3 Å². The van der Waals surface area contributed by atoms with E-state index in [0.29, 0.717) is 39.7 Å². The van der Waals surface area contributed by atoms with Gasteiger partial charge in [-0.3, -0.25) is 14.4 Å². The molecule has 1 fully saturated rings. The van der Waals surface area contributed by atoms with Crippen LogP contribution in [0.5, 0.6) is 0 Å². The minimum absolute atomic E-state index is 0.107. The van der Waals surface area contributed by atoms with E-state index >= 15 is 0 Å². The molecule has 212 valence electrons. The van der Waals surface area contributed by atoms with E-state index in [1.165, 1.54) is 37.5 Å². The van der Waals surface area contributed by atoms with E-state index in [2.05, 4.69) is 10.3 Å². The predicted octanol–water partition coefficient (Wildman–Crippen LogP) is 4.57. The molecular weight excluding hydrogens is 560 g/mol. The van der Waals surface area contributed by atoms with Crippen LogP contribution in [0.2, 0.25) is 0 Å². The Balaban J connectivity index is 1.29. The number of furan rings is 1. The number of imide groups is 1. The standard InChI is InChI=1S/C30H24N4O7S/c1-19(35)31-21-10-14-24(15-11-21)42(38,39)33(18-23-5-4-16-40-23)26-17-28(36)34(30(26)37)22-12-8-20(9-13-22)29-32-25-6-2-3-7-27(25)41-29/h2-16,26H,17-18H2,1H3,(H,31,35). The SMILES string of the molecule is CC(=O)Nc1ccc(S(=O)(=O)N(Cc2ccco2)C2CC(=O)N(c3ccc(-c4nc5ccccc5o4)cc3)C2=O)cc1. The molecule has 0 aliphatic carbocycles. The summed E-state index contributed by atoms with van der Waals surface area (Å²) >= 11 is 0. The Hall–Kier alpha value is -5.07. The zero-order chi connectivity index (χ0) is 29.4. The maximum absolute atomic E-state index is 13.8. The number of carbonyl (C=O) groups excluding carboxylic acids is 3. The van der Waals surface area contributed by atoms with Crippen molar-refractivity contribution in [3.8, 4) is 11.5 Å². The average Bonchev–Trinajstić information content (AvgIpc) is 3.71. The number of hydrogen-bond acceptors (Lipinski definition) is 8. The highest BCUT2D eigenvalue weighted by atomic mass is 32.2. The van der Waals surface area contributed by atoms with Crippen LogP contribution in [-0.2, 0) is 31.0 Å². The smallest absolute Gasteiger partial charge is 0.252 e. The predicted molar refractivity (Wildman–Crippen MR) is 153 cm³/mol. The second-order valence-electron chi connectivity index (χ2n) is 9.66. The van der Waals surface area contributed by atoms with Crippen LogP contribution in [0.3, 0.4) is 0 Å². The normalized spacial score (nSPS) is 15.6. The van der Waals surface area contributed by atoms with Gasteiger partial charge < -0.3 is 14.2 Å². The second kappa shape index (κ2) is 10.7. The summed E-state index contributed by atoms with van der Waals surface area (Å²) in [5.41, 5.74) is 2.69. The van der Waals surface area contributed by atoms with Crippen molar-refractivity contribution in [3.63, 3.8) is 0 Å². The number of nitrogens with one attached hydrogen (secondary N) is 1. The molecule has 1 unspecified atom stereocenters. The fourth-order valence-electron chi connectivity index (χ4n) is 4.83. The van der Waals surface area contributed by atoms with E-state index in [9.17, 15) is 22.8 Å². The van der Waals surface area contributed by atoms with E-state index in [1.54, 1.807) is 36.4 Å². The number of hydrogen-bond donors (Lipinski definition) is 1. The van der Waals surface area contributed by atoms with Gasteiger partial charge in [0.15, 0.2) is 5.58 Å². The van der Waals surface area contributed by atoms with Crippen molar-refractivity contribution in [1.29, 1.82) is 0 Å². The lowest BCUT2D eigenvalue weighted by atomic mass is 10.2. The number of fused-ring (bicyclic) bond motifs is 1. The summed E-state index contributed by atoms with van der Waals surface area (Å²) in [4.78, 5) is 43.6. The molecule has 1 saturated heterocycles. The monoisotopic (exact) mass is 584 g/mol. The molecule has 12 heteroatoms. The van der Waals surface area contributed by atoms with Crippen LogP contribution < -0.4 is 10.2 Å². The minimum atomic E-state index is -4.28. The first-order valence-electron chi connectivity index (χ1n) is 13.0. The average molecular weight is 585 g/mol. The molecule has 2 aromatic heterocycles. The summed E-state index contributed by atoms with van der Waals surface area (Å²) in [5.74, 6) is -0.836. The van der Waals surface area contributed by atoms with Gasteiger partial charge in [-0.05, 0) is 72.8 Å². The van der Waals surface area contributed by atoms with Gasteiger partial charge in [-0.2, -0.15) is 4.31 Å². The third-order valence-electron chi connectivity index (χ3n) is 6.81. The Labute approximate surface area is 240 Å². The Morgan fingerprint density at radius 3 is 2.40 bits per heavy atom. The minimum Gasteiger partial charge on any atom is -0.468 e. The summed E-state index contributed by atoms with van der Waals surface area (Å²) in [6.45, 7) is 1.07. The lowest BCUT2D eigenvalue weighted by Crippen LogP contribution is -2.45. The second-order valence-corrected chi connectivity index (χ2v) is 11.5. The highest BCUT2D eigenvalue weighted by Crippen LogP contribution is 2.33.